The summed E-state index contributed by atoms with van der Waals surface area (Å²) in [5.74, 6) is 0.812. The molecule has 1 atom stereocenters. The van der Waals surface area contributed by atoms with Gasteiger partial charge in [-0.15, -0.1) is 0 Å². The minimum Gasteiger partial charge on any atom is -0.326 e. The zero-order valence-corrected chi connectivity index (χ0v) is 13.4. The Morgan fingerprint density at radius 2 is 2.05 bits per heavy atom. The third-order valence-electron chi connectivity index (χ3n) is 3.81. The van der Waals surface area contributed by atoms with Crippen LogP contribution in [0.15, 0.2) is 24.3 Å². The number of imide groups is 1. The molecule has 1 N–H and O–H groups in total. The number of urea groups is 1. The zero-order chi connectivity index (χ0) is 15.2. The second-order valence-electron chi connectivity index (χ2n) is 5.30. The largest absolute Gasteiger partial charge is 0.326 e. The minimum atomic E-state index is -0.330. The molecule has 1 heterocycles. The van der Waals surface area contributed by atoms with Crippen LogP contribution in [0.5, 0.6) is 0 Å². The molecule has 1 fully saturated rings. The lowest BCUT2D eigenvalue weighted by Gasteiger charge is -2.13. The summed E-state index contributed by atoms with van der Waals surface area (Å²) in [6, 6.07) is 7.66. The molecule has 1 aromatic carbocycles. The van der Waals surface area contributed by atoms with Gasteiger partial charge in [0.1, 0.15) is 6.04 Å². The summed E-state index contributed by atoms with van der Waals surface area (Å²) in [5.41, 5.74) is 2.54. The van der Waals surface area contributed by atoms with Gasteiger partial charge in [-0.05, 0) is 49.3 Å². The van der Waals surface area contributed by atoms with Gasteiger partial charge in [-0.1, -0.05) is 24.3 Å². The Bertz CT molecular complexity index is 519. The van der Waals surface area contributed by atoms with E-state index in [9.17, 15) is 9.59 Å². The predicted octanol–water partition coefficient (Wildman–Crippen LogP) is 2.60. The minimum absolute atomic E-state index is 0.0705. The van der Waals surface area contributed by atoms with Crippen LogP contribution in [0.25, 0.3) is 0 Å². The number of carbonyl (C=O) groups excluding carboxylic acids is 2. The molecule has 1 aliphatic rings. The van der Waals surface area contributed by atoms with E-state index in [1.54, 1.807) is 11.8 Å². The van der Waals surface area contributed by atoms with Crippen LogP contribution < -0.4 is 5.32 Å². The molecular weight excluding hydrogens is 284 g/mol. The number of aryl methyl sites for hydroxylation is 2. The summed E-state index contributed by atoms with van der Waals surface area (Å²) in [6.45, 7) is 2.58. The van der Waals surface area contributed by atoms with E-state index in [1.807, 2.05) is 18.4 Å². The molecule has 0 aromatic heterocycles. The van der Waals surface area contributed by atoms with Gasteiger partial charge in [0.2, 0.25) is 0 Å². The van der Waals surface area contributed by atoms with Crippen molar-refractivity contribution in [3.8, 4) is 0 Å². The monoisotopic (exact) mass is 306 g/mol. The number of nitrogens with one attached hydrogen (secondary N) is 1. The number of nitrogens with zero attached hydrogens (tertiary/aromatic N) is 1. The molecule has 0 saturated carbocycles. The van der Waals surface area contributed by atoms with Crippen LogP contribution in [0.3, 0.4) is 0 Å². The first-order valence-corrected chi connectivity index (χ1v) is 8.68. The molecule has 114 valence electrons. The Hall–Kier alpha value is -1.49. The molecular formula is C16H22N2O2S. The maximum atomic E-state index is 12.2. The molecule has 4 nitrogen and oxygen atoms in total. The third-order valence-corrected chi connectivity index (χ3v) is 4.45. The number of amides is 3. The van der Waals surface area contributed by atoms with E-state index in [4.69, 9.17) is 0 Å². The van der Waals surface area contributed by atoms with Gasteiger partial charge in [0.15, 0.2) is 0 Å². The lowest BCUT2D eigenvalue weighted by Crippen LogP contribution is -2.32. The molecule has 1 unspecified atom stereocenters. The molecule has 21 heavy (non-hydrogen) atoms. The number of rotatable bonds is 7. The van der Waals surface area contributed by atoms with Gasteiger partial charge < -0.3 is 5.32 Å². The highest BCUT2D eigenvalue weighted by Gasteiger charge is 2.36. The van der Waals surface area contributed by atoms with Gasteiger partial charge in [-0.2, -0.15) is 11.8 Å². The van der Waals surface area contributed by atoms with E-state index in [0.29, 0.717) is 13.0 Å². The Labute approximate surface area is 130 Å². The molecule has 0 spiro atoms. The van der Waals surface area contributed by atoms with Crippen LogP contribution in [0.4, 0.5) is 4.79 Å². The van der Waals surface area contributed by atoms with Crippen molar-refractivity contribution in [1.29, 1.82) is 0 Å². The molecule has 3 amide bonds. The highest BCUT2D eigenvalue weighted by molar-refractivity contribution is 7.98. The van der Waals surface area contributed by atoms with Crippen LogP contribution in [0, 0.1) is 6.92 Å². The van der Waals surface area contributed by atoms with E-state index < -0.39 is 0 Å². The average Bonchev–Trinajstić information content (AvgIpc) is 2.74. The Morgan fingerprint density at radius 3 is 2.76 bits per heavy atom. The van der Waals surface area contributed by atoms with E-state index >= 15 is 0 Å². The summed E-state index contributed by atoms with van der Waals surface area (Å²) in [4.78, 5) is 25.4. The van der Waals surface area contributed by atoms with Crippen LogP contribution in [-0.4, -0.2) is 41.4 Å². The summed E-state index contributed by atoms with van der Waals surface area (Å²) in [6.07, 6.45) is 4.40. The van der Waals surface area contributed by atoms with Crippen molar-refractivity contribution in [2.45, 2.75) is 32.2 Å². The normalized spacial score (nSPS) is 18.2. The van der Waals surface area contributed by atoms with Gasteiger partial charge in [-0.3, -0.25) is 9.69 Å². The number of thioether (sulfide) groups is 1. The second-order valence-corrected chi connectivity index (χ2v) is 6.29. The Kier molecular flexibility index (Phi) is 5.67. The molecule has 1 saturated heterocycles. The van der Waals surface area contributed by atoms with Crippen molar-refractivity contribution in [2.75, 3.05) is 18.6 Å². The maximum Gasteiger partial charge on any atom is 0.324 e. The van der Waals surface area contributed by atoms with E-state index in [0.717, 1.165) is 18.6 Å². The molecule has 2 rings (SSSR count). The molecule has 0 radical (unpaired) electrons. The average molecular weight is 306 g/mol. The molecule has 5 heteroatoms. The van der Waals surface area contributed by atoms with Crippen LogP contribution in [0.2, 0.25) is 0 Å². The molecule has 0 aliphatic carbocycles. The molecule has 1 aliphatic heterocycles. The van der Waals surface area contributed by atoms with Gasteiger partial charge in [0.25, 0.3) is 5.91 Å². The van der Waals surface area contributed by atoms with Crippen LogP contribution in [-0.2, 0) is 11.2 Å². The first kappa shape index (κ1) is 15.9. The third kappa shape index (κ3) is 4.00. The van der Waals surface area contributed by atoms with Crippen LogP contribution >= 0.6 is 11.8 Å². The van der Waals surface area contributed by atoms with E-state index in [1.165, 1.54) is 16.0 Å². The maximum absolute atomic E-state index is 12.2. The van der Waals surface area contributed by atoms with Crippen molar-refractivity contribution < 1.29 is 9.59 Å². The van der Waals surface area contributed by atoms with Crippen molar-refractivity contribution in [3.05, 3.63) is 35.4 Å². The zero-order valence-electron chi connectivity index (χ0n) is 12.6. The lowest BCUT2D eigenvalue weighted by molar-refractivity contribution is -0.127. The Morgan fingerprint density at radius 1 is 1.29 bits per heavy atom. The van der Waals surface area contributed by atoms with Crippen molar-refractivity contribution in [3.63, 3.8) is 0 Å². The summed E-state index contributed by atoms with van der Waals surface area (Å²) < 4.78 is 0. The van der Waals surface area contributed by atoms with Crippen molar-refractivity contribution in [2.24, 2.45) is 0 Å². The number of benzene rings is 1. The quantitative estimate of drug-likeness (QED) is 0.788. The first-order chi connectivity index (χ1) is 10.1. The van der Waals surface area contributed by atoms with E-state index in [-0.39, 0.29) is 18.0 Å². The van der Waals surface area contributed by atoms with Crippen LogP contribution in [0.1, 0.15) is 24.0 Å². The lowest BCUT2D eigenvalue weighted by atomic mass is 10.0. The van der Waals surface area contributed by atoms with Gasteiger partial charge >= 0.3 is 6.03 Å². The second kappa shape index (κ2) is 7.50. The number of carbonyl (C=O) groups is 2. The van der Waals surface area contributed by atoms with Gasteiger partial charge in [0, 0.05) is 6.54 Å². The fraction of sp³-hybridized carbons (Fsp3) is 0.500. The molecule has 0 bridgehead atoms. The summed E-state index contributed by atoms with van der Waals surface area (Å²) in [7, 11) is 0. The fourth-order valence-corrected chi connectivity index (χ4v) is 3.01. The first-order valence-electron chi connectivity index (χ1n) is 7.29. The SMILES string of the molecule is CSCCC1NC(=O)N(CCCc2ccccc2C)C1=O. The standard InChI is InChI=1S/C16H22N2O2S/c1-12-6-3-4-7-13(12)8-5-10-18-15(19)14(9-11-21-2)17-16(18)20/h3-4,6-7,14H,5,8-11H2,1-2H3,(H,17,20). The van der Waals surface area contributed by atoms with E-state index in [2.05, 4.69) is 24.4 Å². The fourth-order valence-electron chi connectivity index (χ4n) is 2.54. The topological polar surface area (TPSA) is 49.4 Å². The Balaban J connectivity index is 1.84. The number of hydrogen-bond donors (Lipinski definition) is 1. The van der Waals surface area contributed by atoms with Gasteiger partial charge in [0.05, 0.1) is 0 Å². The van der Waals surface area contributed by atoms with Crippen molar-refractivity contribution in [1.82, 2.24) is 10.2 Å². The highest BCUT2D eigenvalue weighted by Crippen LogP contribution is 2.14. The number of hydrogen-bond acceptors (Lipinski definition) is 3. The van der Waals surface area contributed by atoms with Crippen molar-refractivity contribution >= 4 is 23.7 Å². The highest BCUT2D eigenvalue weighted by atomic mass is 32.2. The summed E-state index contributed by atoms with van der Waals surface area (Å²) in [5, 5.41) is 2.77. The summed E-state index contributed by atoms with van der Waals surface area (Å²) >= 11 is 1.69. The predicted molar refractivity (Wildman–Crippen MR) is 86.5 cm³/mol. The van der Waals surface area contributed by atoms with Gasteiger partial charge in [-0.25, -0.2) is 4.79 Å². The smallest absolute Gasteiger partial charge is 0.324 e. The molecule has 1 aromatic rings.